The molecular weight excluding hydrogens is 270 g/mol. The third-order valence-corrected chi connectivity index (χ3v) is 3.78. The Balaban J connectivity index is 2.42. The van der Waals surface area contributed by atoms with Crippen molar-refractivity contribution in [1.29, 1.82) is 0 Å². The fourth-order valence-corrected chi connectivity index (χ4v) is 2.71. The summed E-state index contributed by atoms with van der Waals surface area (Å²) in [5.41, 5.74) is -0.555. The van der Waals surface area contributed by atoms with Gasteiger partial charge in [-0.2, -0.15) is 0 Å². The predicted molar refractivity (Wildman–Crippen MR) is 82.4 cm³/mol. The van der Waals surface area contributed by atoms with Crippen LogP contribution < -0.4 is 5.32 Å². The summed E-state index contributed by atoms with van der Waals surface area (Å²) in [5.74, 6) is -0.133. The van der Waals surface area contributed by atoms with Crippen molar-refractivity contribution >= 4 is 5.97 Å². The van der Waals surface area contributed by atoms with E-state index in [1.807, 2.05) is 6.92 Å². The number of carbonyl (C=O) groups is 1. The van der Waals surface area contributed by atoms with Gasteiger partial charge in [-0.1, -0.05) is 13.8 Å². The lowest BCUT2D eigenvalue weighted by Gasteiger charge is -2.28. The second-order valence-corrected chi connectivity index (χ2v) is 5.58. The average Bonchev–Trinajstić information content (AvgIpc) is 2.90. The molecule has 5 nitrogen and oxygen atoms in total. The SMILES string of the molecule is CCCNC1(C(=O)OCC)CCC(OCCOCCC)C1. The smallest absolute Gasteiger partial charge is 0.326 e. The van der Waals surface area contributed by atoms with Crippen LogP contribution >= 0.6 is 0 Å². The first-order chi connectivity index (χ1) is 10.2. The Morgan fingerprint density at radius 1 is 1.19 bits per heavy atom. The van der Waals surface area contributed by atoms with Crippen LogP contribution in [-0.2, 0) is 19.0 Å². The Morgan fingerprint density at radius 3 is 2.67 bits per heavy atom. The maximum absolute atomic E-state index is 12.3. The molecule has 1 rings (SSSR count). The molecular formula is C16H31NO4. The van der Waals surface area contributed by atoms with E-state index in [-0.39, 0.29) is 12.1 Å². The minimum Gasteiger partial charge on any atom is -0.465 e. The average molecular weight is 301 g/mol. The molecule has 0 saturated heterocycles. The molecule has 0 spiro atoms. The van der Waals surface area contributed by atoms with E-state index >= 15 is 0 Å². The molecule has 1 aliphatic carbocycles. The highest BCUT2D eigenvalue weighted by molar-refractivity contribution is 5.81. The number of rotatable bonds is 11. The quantitative estimate of drug-likeness (QED) is 0.469. The molecule has 0 heterocycles. The number of ether oxygens (including phenoxy) is 3. The van der Waals surface area contributed by atoms with Gasteiger partial charge in [0.05, 0.1) is 25.9 Å². The van der Waals surface area contributed by atoms with Crippen LogP contribution in [0.25, 0.3) is 0 Å². The molecule has 21 heavy (non-hydrogen) atoms. The van der Waals surface area contributed by atoms with Gasteiger partial charge in [-0.25, -0.2) is 0 Å². The largest absolute Gasteiger partial charge is 0.465 e. The van der Waals surface area contributed by atoms with Gasteiger partial charge in [-0.05, 0) is 39.2 Å². The van der Waals surface area contributed by atoms with Crippen molar-refractivity contribution in [3.8, 4) is 0 Å². The number of hydrogen-bond donors (Lipinski definition) is 1. The summed E-state index contributed by atoms with van der Waals surface area (Å²) in [7, 11) is 0. The molecule has 0 bridgehead atoms. The molecule has 1 N–H and O–H groups in total. The van der Waals surface area contributed by atoms with Crippen molar-refractivity contribution in [2.75, 3.05) is 33.0 Å². The van der Waals surface area contributed by atoms with Gasteiger partial charge < -0.3 is 19.5 Å². The van der Waals surface area contributed by atoms with Gasteiger partial charge in [-0.15, -0.1) is 0 Å². The lowest BCUT2D eigenvalue weighted by molar-refractivity contribution is -0.151. The molecule has 1 aliphatic rings. The predicted octanol–water partition coefficient (Wildman–Crippen LogP) is 2.28. The van der Waals surface area contributed by atoms with E-state index in [0.29, 0.717) is 26.2 Å². The van der Waals surface area contributed by atoms with E-state index in [4.69, 9.17) is 14.2 Å². The highest BCUT2D eigenvalue weighted by Gasteiger charge is 2.46. The maximum Gasteiger partial charge on any atom is 0.326 e. The molecule has 2 unspecified atom stereocenters. The van der Waals surface area contributed by atoms with Gasteiger partial charge in [0, 0.05) is 13.0 Å². The summed E-state index contributed by atoms with van der Waals surface area (Å²) in [6.45, 7) is 9.27. The second-order valence-electron chi connectivity index (χ2n) is 5.58. The van der Waals surface area contributed by atoms with Crippen molar-refractivity contribution < 1.29 is 19.0 Å². The second kappa shape index (κ2) is 10.1. The molecule has 0 radical (unpaired) electrons. The van der Waals surface area contributed by atoms with Crippen LogP contribution in [0.1, 0.15) is 52.9 Å². The van der Waals surface area contributed by atoms with Crippen LogP contribution in [0.15, 0.2) is 0 Å². The maximum atomic E-state index is 12.3. The summed E-state index contributed by atoms with van der Waals surface area (Å²) >= 11 is 0. The lowest BCUT2D eigenvalue weighted by atomic mass is 9.97. The van der Waals surface area contributed by atoms with Crippen molar-refractivity contribution in [3.63, 3.8) is 0 Å². The molecule has 5 heteroatoms. The van der Waals surface area contributed by atoms with E-state index in [1.165, 1.54) is 0 Å². The summed E-state index contributed by atoms with van der Waals surface area (Å²) in [5, 5.41) is 3.38. The summed E-state index contributed by atoms with van der Waals surface area (Å²) in [4.78, 5) is 12.3. The zero-order valence-electron chi connectivity index (χ0n) is 13.8. The number of hydrogen-bond acceptors (Lipinski definition) is 5. The number of esters is 1. The van der Waals surface area contributed by atoms with Gasteiger partial charge in [-0.3, -0.25) is 4.79 Å². The van der Waals surface area contributed by atoms with Gasteiger partial charge in [0.25, 0.3) is 0 Å². The highest BCUT2D eigenvalue weighted by atomic mass is 16.5. The van der Waals surface area contributed by atoms with Crippen LogP contribution in [0.3, 0.4) is 0 Å². The Labute approximate surface area is 128 Å². The van der Waals surface area contributed by atoms with E-state index in [1.54, 1.807) is 0 Å². The zero-order valence-corrected chi connectivity index (χ0v) is 13.8. The molecule has 0 aromatic carbocycles. The van der Waals surface area contributed by atoms with Crippen LogP contribution in [0.4, 0.5) is 0 Å². The van der Waals surface area contributed by atoms with Crippen LogP contribution in [-0.4, -0.2) is 50.6 Å². The fraction of sp³-hybridized carbons (Fsp3) is 0.938. The lowest BCUT2D eigenvalue weighted by Crippen LogP contribution is -2.51. The number of carbonyl (C=O) groups excluding carboxylic acids is 1. The fourth-order valence-electron chi connectivity index (χ4n) is 2.71. The first-order valence-electron chi connectivity index (χ1n) is 8.30. The van der Waals surface area contributed by atoms with Crippen molar-refractivity contribution in [2.45, 2.75) is 64.5 Å². The van der Waals surface area contributed by atoms with Crippen molar-refractivity contribution in [1.82, 2.24) is 5.32 Å². The number of nitrogens with one attached hydrogen (secondary N) is 1. The van der Waals surface area contributed by atoms with Crippen molar-refractivity contribution in [3.05, 3.63) is 0 Å². The van der Waals surface area contributed by atoms with E-state index in [0.717, 1.165) is 38.8 Å². The highest BCUT2D eigenvalue weighted by Crippen LogP contribution is 2.33. The van der Waals surface area contributed by atoms with Gasteiger partial charge in [0.15, 0.2) is 0 Å². The minimum atomic E-state index is -0.555. The van der Waals surface area contributed by atoms with Crippen molar-refractivity contribution in [2.24, 2.45) is 0 Å². The topological polar surface area (TPSA) is 56.8 Å². The van der Waals surface area contributed by atoms with E-state index in [2.05, 4.69) is 19.2 Å². The van der Waals surface area contributed by atoms with E-state index in [9.17, 15) is 4.79 Å². The van der Waals surface area contributed by atoms with E-state index < -0.39 is 5.54 Å². The summed E-state index contributed by atoms with van der Waals surface area (Å²) < 4.78 is 16.5. The third-order valence-electron chi connectivity index (χ3n) is 3.78. The first kappa shape index (κ1) is 18.4. The molecule has 0 aliphatic heterocycles. The molecule has 1 saturated carbocycles. The third kappa shape index (κ3) is 5.93. The van der Waals surface area contributed by atoms with Gasteiger partial charge >= 0.3 is 5.97 Å². The zero-order chi connectivity index (χ0) is 15.6. The first-order valence-corrected chi connectivity index (χ1v) is 8.30. The Kier molecular flexibility index (Phi) is 8.88. The Hall–Kier alpha value is -0.650. The molecule has 2 atom stereocenters. The molecule has 1 fully saturated rings. The van der Waals surface area contributed by atoms with Crippen LogP contribution in [0, 0.1) is 0 Å². The molecule has 0 amide bonds. The van der Waals surface area contributed by atoms with Gasteiger partial charge in [0.2, 0.25) is 0 Å². The van der Waals surface area contributed by atoms with Gasteiger partial charge in [0.1, 0.15) is 5.54 Å². The minimum absolute atomic E-state index is 0.115. The van der Waals surface area contributed by atoms with Crippen LogP contribution in [0.2, 0.25) is 0 Å². The standard InChI is InChI=1S/C16H31NO4/c1-4-9-17-16(15(18)20-6-3)8-7-14(13-16)21-12-11-19-10-5-2/h14,17H,4-13H2,1-3H3. The monoisotopic (exact) mass is 301 g/mol. The molecule has 0 aromatic rings. The molecule has 0 aromatic heterocycles. The van der Waals surface area contributed by atoms with Crippen LogP contribution in [0.5, 0.6) is 0 Å². The summed E-state index contributed by atoms with van der Waals surface area (Å²) in [6, 6.07) is 0. The summed E-state index contributed by atoms with van der Waals surface area (Å²) in [6.07, 6.45) is 4.51. The Morgan fingerprint density at radius 2 is 2.00 bits per heavy atom. The Bertz CT molecular complexity index is 298. The normalized spacial score (nSPS) is 25.2. The molecule has 124 valence electrons.